The summed E-state index contributed by atoms with van der Waals surface area (Å²) < 4.78 is 21.5. The minimum Gasteiger partial charge on any atom is -0.476 e. The first-order valence-corrected chi connectivity index (χ1v) is 14.2. The Morgan fingerprint density at radius 1 is 0.783 bits per heavy atom. The van der Waals surface area contributed by atoms with Crippen molar-refractivity contribution in [3.63, 3.8) is 0 Å². The van der Waals surface area contributed by atoms with Crippen molar-refractivity contribution in [1.82, 2.24) is 15.0 Å². The maximum Gasteiger partial charge on any atom is 0.356 e. The molecule has 0 spiro atoms. The van der Waals surface area contributed by atoms with Crippen LogP contribution in [0.15, 0.2) is 36.4 Å². The second-order valence-corrected chi connectivity index (χ2v) is 9.96. The van der Waals surface area contributed by atoms with E-state index in [4.69, 9.17) is 30.4 Å². The molecule has 0 aliphatic rings. The van der Waals surface area contributed by atoms with E-state index < -0.39 is 22.7 Å². The largest absolute Gasteiger partial charge is 0.476 e. The number of pyridine rings is 3. The number of nitrogens with one attached hydrogen (secondary N) is 2. The van der Waals surface area contributed by atoms with Crippen LogP contribution in [0.3, 0.4) is 0 Å². The Morgan fingerprint density at radius 2 is 1.26 bits per heavy atom. The number of aromatic nitrogens is 3. The van der Waals surface area contributed by atoms with Gasteiger partial charge in [-0.25, -0.2) is 19.7 Å². The minimum absolute atomic E-state index is 0.0275. The van der Waals surface area contributed by atoms with Crippen molar-refractivity contribution in [2.24, 2.45) is 17.4 Å². The van der Waals surface area contributed by atoms with Crippen molar-refractivity contribution in [3.05, 3.63) is 63.6 Å². The number of ether oxygens (including phenoxy) is 4. The third kappa shape index (κ3) is 9.80. The number of hydrogen-bond acceptors (Lipinski definition) is 14. The number of amides is 2. The highest BCUT2D eigenvalue weighted by atomic mass is 16.6. The first-order chi connectivity index (χ1) is 22.1. The number of hydrogen-bond donors (Lipinski definition) is 4. The Kier molecular flexibility index (Phi) is 13.1. The SMILES string of the molecule is COC(=O)c1ccc(NC(=O)c2ccc(NC(=O)c3ccc([N+](=O)[O-])c(OCC(C)C)n3)c(OCCCN)n2)c(OCCCN)n1. The van der Waals surface area contributed by atoms with Crippen molar-refractivity contribution in [2.45, 2.75) is 26.7 Å². The van der Waals surface area contributed by atoms with E-state index in [1.54, 1.807) is 0 Å². The van der Waals surface area contributed by atoms with Crippen molar-refractivity contribution >= 4 is 34.8 Å². The first-order valence-electron chi connectivity index (χ1n) is 14.2. The summed E-state index contributed by atoms with van der Waals surface area (Å²) in [5.74, 6) is -2.46. The van der Waals surface area contributed by atoms with Crippen LogP contribution in [0.5, 0.6) is 17.6 Å². The van der Waals surface area contributed by atoms with E-state index in [0.29, 0.717) is 25.9 Å². The molecule has 0 aliphatic carbocycles. The Balaban J connectivity index is 1.88. The third-order valence-electron chi connectivity index (χ3n) is 5.84. The summed E-state index contributed by atoms with van der Waals surface area (Å²) >= 11 is 0. The molecule has 3 rings (SSSR count). The Morgan fingerprint density at radius 3 is 1.74 bits per heavy atom. The summed E-state index contributed by atoms with van der Waals surface area (Å²) in [4.78, 5) is 61.6. The van der Waals surface area contributed by atoms with Crippen LogP contribution >= 0.6 is 0 Å². The fourth-order valence-electron chi connectivity index (χ4n) is 3.56. The number of methoxy groups -OCH3 is 1. The molecule has 0 saturated carbocycles. The van der Waals surface area contributed by atoms with Gasteiger partial charge < -0.3 is 41.0 Å². The van der Waals surface area contributed by atoms with E-state index in [-0.39, 0.29) is 77.5 Å². The molecule has 0 aromatic carbocycles. The first kappa shape index (κ1) is 35.1. The number of carbonyl (C=O) groups is 3. The molecule has 3 aromatic rings. The molecule has 0 fully saturated rings. The van der Waals surface area contributed by atoms with Gasteiger partial charge in [-0.1, -0.05) is 13.8 Å². The number of esters is 1. The maximum absolute atomic E-state index is 13.2. The average Bonchev–Trinajstić information content (AvgIpc) is 3.04. The van der Waals surface area contributed by atoms with Gasteiger partial charge in [0.25, 0.3) is 17.7 Å². The molecule has 0 atom stereocenters. The van der Waals surface area contributed by atoms with Crippen LogP contribution in [0, 0.1) is 16.0 Å². The zero-order valence-corrected chi connectivity index (χ0v) is 25.6. The number of nitrogens with zero attached hydrogens (tertiary/aromatic N) is 4. The lowest BCUT2D eigenvalue weighted by Gasteiger charge is -2.15. The van der Waals surface area contributed by atoms with Crippen LogP contribution in [0.2, 0.25) is 0 Å². The summed E-state index contributed by atoms with van der Waals surface area (Å²) in [6.45, 7) is 4.84. The fourth-order valence-corrected chi connectivity index (χ4v) is 3.56. The molecule has 0 unspecified atom stereocenters. The molecule has 3 aromatic heterocycles. The number of rotatable bonds is 17. The molecular weight excluding hydrogens is 604 g/mol. The third-order valence-corrected chi connectivity index (χ3v) is 5.84. The van der Waals surface area contributed by atoms with E-state index in [1.165, 1.54) is 37.4 Å². The van der Waals surface area contributed by atoms with E-state index >= 15 is 0 Å². The highest BCUT2D eigenvalue weighted by molar-refractivity contribution is 6.06. The van der Waals surface area contributed by atoms with Crippen LogP contribution < -0.4 is 36.3 Å². The predicted octanol–water partition coefficient (Wildman–Crippen LogP) is 2.56. The van der Waals surface area contributed by atoms with E-state index in [0.717, 1.165) is 6.07 Å². The van der Waals surface area contributed by atoms with Gasteiger partial charge in [-0.05, 0) is 62.2 Å². The highest BCUT2D eigenvalue weighted by Crippen LogP contribution is 2.28. The smallest absolute Gasteiger partial charge is 0.356 e. The van der Waals surface area contributed by atoms with Crippen LogP contribution in [0.25, 0.3) is 0 Å². The van der Waals surface area contributed by atoms with Gasteiger partial charge in [0, 0.05) is 6.07 Å². The molecule has 246 valence electrons. The summed E-state index contributed by atoms with van der Waals surface area (Å²) in [5.41, 5.74) is 10.7. The number of nitrogens with two attached hydrogens (primary N) is 2. The minimum atomic E-state index is -0.733. The van der Waals surface area contributed by atoms with Crippen molar-refractivity contribution in [1.29, 1.82) is 0 Å². The van der Waals surface area contributed by atoms with Crippen LogP contribution in [0.4, 0.5) is 17.1 Å². The molecule has 17 nitrogen and oxygen atoms in total. The Labute approximate surface area is 264 Å². The standard InChI is InChI=1S/C29H36N8O9/c1-17(2)16-46-28-23(37(41)42)11-10-19(35-28)25(39)32-20-7-6-18(34-26(20)44-14-4-12-30)24(38)33-21-8-9-22(29(40)43-3)36-27(21)45-15-5-13-31/h6-11,17H,4-5,12-16,30-31H2,1-3H3,(H,32,39)(H,33,38). The lowest BCUT2D eigenvalue weighted by atomic mass is 10.2. The zero-order chi connectivity index (χ0) is 33.6. The summed E-state index contributed by atoms with van der Waals surface area (Å²) in [6.07, 6.45) is 0.949. The number of nitro groups is 1. The van der Waals surface area contributed by atoms with Gasteiger partial charge >= 0.3 is 11.7 Å². The maximum atomic E-state index is 13.2. The van der Waals surface area contributed by atoms with Crippen molar-refractivity contribution in [3.8, 4) is 17.6 Å². The van der Waals surface area contributed by atoms with Crippen molar-refractivity contribution < 1.29 is 38.3 Å². The average molecular weight is 641 g/mol. The van der Waals surface area contributed by atoms with Crippen LogP contribution in [-0.2, 0) is 4.74 Å². The molecule has 0 radical (unpaired) electrons. The van der Waals surface area contributed by atoms with Crippen LogP contribution in [-0.4, -0.2) is 77.7 Å². The van der Waals surface area contributed by atoms with Gasteiger partial charge in [-0.3, -0.25) is 19.7 Å². The molecule has 3 heterocycles. The molecular formula is C29H36N8O9. The lowest BCUT2D eigenvalue weighted by molar-refractivity contribution is -0.386. The molecule has 0 saturated heterocycles. The van der Waals surface area contributed by atoms with Gasteiger partial charge in [0.1, 0.15) is 22.8 Å². The molecule has 6 N–H and O–H groups in total. The van der Waals surface area contributed by atoms with Gasteiger partial charge in [0.15, 0.2) is 5.69 Å². The monoisotopic (exact) mass is 640 g/mol. The zero-order valence-electron chi connectivity index (χ0n) is 25.6. The second kappa shape index (κ2) is 17.2. The Hall–Kier alpha value is -5.42. The Bertz CT molecular complexity index is 1550. The fraction of sp³-hybridized carbons (Fsp3) is 0.379. The van der Waals surface area contributed by atoms with Crippen molar-refractivity contribution in [2.75, 3.05) is 50.7 Å². The van der Waals surface area contributed by atoms with Crippen LogP contribution in [0.1, 0.15) is 58.2 Å². The normalized spacial score (nSPS) is 10.7. The molecule has 0 aliphatic heterocycles. The van der Waals surface area contributed by atoms with E-state index in [2.05, 4.69) is 25.6 Å². The van der Waals surface area contributed by atoms with Gasteiger partial charge in [0.05, 0.1) is 31.9 Å². The van der Waals surface area contributed by atoms with E-state index in [9.17, 15) is 24.5 Å². The second-order valence-electron chi connectivity index (χ2n) is 9.96. The predicted molar refractivity (Wildman–Crippen MR) is 165 cm³/mol. The quantitative estimate of drug-likeness (QED) is 0.0717. The summed E-state index contributed by atoms with van der Waals surface area (Å²) in [7, 11) is 1.21. The van der Waals surface area contributed by atoms with Gasteiger partial charge in [0.2, 0.25) is 11.8 Å². The molecule has 46 heavy (non-hydrogen) atoms. The molecule has 17 heteroatoms. The van der Waals surface area contributed by atoms with Gasteiger partial charge in [-0.15, -0.1) is 0 Å². The lowest BCUT2D eigenvalue weighted by Crippen LogP contribution is -2.19. The highest BCUT2D eigenvalue weighted by Gasteiger charge is 2.23. The molecule has 0 bridgehead atoms. The number of carbonyl (C=O) groups excluding carboxylic acids is 3. The summed E-state index contributed by atoms with van der Waals surface area (Å²) in [5, 5.41) is 16.7. The van der Waals surface area contributed by atoms with E-state index in [1.807, 2.05) is 13.8 Å². The molecule has 2 amide bonds. The topological polar surface area (TPSA) is 246 Å². The van der Waals surface area contributed by atoms with Gasteiger partial charge in [-0.2, -0.15) is 0 Å². The summed E-state index contributed by atoms with van der Waals surface area (Å²) in [6, 6.07) is 7.84. The number of anilines is 2.